The van der Waals surface area contributed by atoms with Crippen LogP contribution in [0, 0.1) is 11.2 Å². The van der Waals surface area contributed by atoms with Crippen molar-refractivity contribution >= 4 is 35.1 Å². The Kier molecular flexibility index (Phi) is 6.39. The van der Waals surface area contributed by atoms with Crippen molar-refractivity contribution in [2.75, 3.05) is 16.9 Å². The highest BCUT2D eigenvalue weighted by Gasteiger charge is 2.17. The van der Waals surface area contributed by atoms with Gasteiger partial charge in [-0.05, 0) is 68.7 Å². The minimum Gasteiger partial charge on any atom is -0.444 e. The number of carbonyl (C=O) groups excluding carboxylic acids is 2. The van der Waals surface area contributed by atoms with Crippen molar-refractivity contribution in [2.24, 2.45) is 0 Å². The second-order valence-corrected chi connectivity index (χ2v) is 7.07. The number of carbonyl (C=O) groups is 2. The molecular weight excluding hydrogens is 360 g/mol. The predicted molar refractivity (Wildman–Crippen MR) is 111 cm³/mol. The molecule has 5 nitrogen and oxygen atoms in total. The monoisotopic (exact) mass is 384 g/mol. The van der Waals surface area contributed by atoms with Crippen molar-refractivity contribution in [1.29, 1.82) is 0 Å². The van der Waals surface area contributed by atoms with Crippen LogP contribution in [0.4, 0.5) is 16.2 Å². The van der Waals surface area contributed by atoms with Gasteiger partial charge in [0.1, 0.15) is 5.60 Å². The maximum atomic E-state index is 12.5. The molecule has 2 amide bonds. The molecule has 0 bridgehead atoms. The molecule has 0 atom stereocenters. The highest BCUT2D eigenvalue weighted by atomic mass is 32.2. The zero-order chi connectivity index (χ0) is 20.6. The van der Waals surface area contributed by atoms with Gasteiger partial charge in [0.25, 0.3) is 5.91 Å². The SMILES string of the molecule is [3H]CSC#Cc1ccc(C(=O)Nc2ccccc2NC(=O)OC(C)(C)C)cc1. The first-order valence-corrected chi connectivity index (χ1v) is 9.19. The summed E-state index contributed by atoms with van der Waals surface area (Å²) in [6, 6.07) is 13.7. The number of amides is 2. The zero-order valence-electron chi connectivity index (χ0n) is 16.5. The van der Waals surface area contributed by atoms with Crippen molar-refractivity contribution in [3.05, 3.63) is 59.7 Å². The third-order valence-electron chi connectivity index (χ3n) is 3.23. The molecular formula is C21H22N2O3S. The second-order valence-electron chi connectivity index (χ2n) is 6.58. The van der Waals surface area contributed by atoms with E-state index in [0.29, 0.717) is 16.9 Å². The van der Waals surface area contributed by atoms with Gasteiger partial charge in [-0.2, -0.15) is 0 Å². The number of benzene rings is 2. The van der Waals surface area contributed by atoms with Crippen LogP contribution in [0.25, 0.3) is 0 Å². The molecule has 0 aliphatic rings. The number of nitrogens with one attached hydrogen (secondary N) is 2. The Morgan fingerprint density at radius 3 is 2.26 bits per heavy atom. The lowest BCUT2D eigenvalue weighted by molar-refractivity contribution is 0.0635. The van der Waals surface area contributed by atoms with Crippen LogP contribution in [0.3, 0.4) is 0 Å². The van der Waals surface area contributed by atoms with E-state index in [2.05, 4.69) is 21.8 Å². The number of hydrogen-bond acceptors (Lipinski definition) is 4. The Labute approximate surface area is 165 Å². The lowest BCUT2D eigenvalue weighted by Gasteiger charge is -2.20. The lowest BCUT2D eigenvalue weighted by atomic mass is 10.1. The number of hydrogen-bond donors (Lipinski definition) is 2. The molecule has 140 valence electrons. The van der Waals surface area contributed by atoms with Gasteiger partial charge in [-0.1, -0.05) is 29.8 Å². The van der Waals surface area contributed by atoms with Gasteiger partial charge in [0.2, 0.25) is 0 Å². The van der Waals surface area contributed by atoms with Crippen molar-refractivity contribution in [3.63, 3.8) is 0 Å². The summed E-state index contributed by atoms with van der Waals surface area (Å²) in [5.41, 5.74) is 1.52. The fraction of sp³-hybridized carbons (Fsp3) is 0.238. The normalized spacial score (nSPS) is 10.9. The van der Waals surface area contributed by atoms with E-state index < -0.39 is 11.7 Å². The maximum absolute atomic E-state index is 12.5. The van der Waals surface area contributed by atoms with Crippen LogP contribution in [0.15, 0.2) is 48.5 Å². The van der Waals surface area contributed by atoms with Gasteiger partial charge >= 0.3 is 6.09 Å². The van der Waals surface area contributed by atoms with Crippen molar-refractivity contribution in [1.82, 2.24) is 0 Å². The fourth-order valence-electron chi connectivity index (χ4n) is 2.11. The highest BCUT2D eigenvalue weighted by molar-refractivity contribution is 8.03. The number of rotatable bonds is 3. The first-order chi connectivity index (χ1) is 13.3. The summed E-state index contributed by atoms with van der Waals surface area (Å²) in [4.78, 5) is 24.5. The summed E-state index contributed by atoms with van der Waals surface area (Å²) in [6.45, 7) is 5.33. The van der Waals surface area contributed by atoms with Gasteiger partial charge in [-0.25, -0.2) is 4.79 Å². The number of ether oxygens (including phenoxy) is 1. The third-order valence-corrected chi connectivity index (χ3v) is 3.47. The first-order valence-electron chi connectivity index (χ1n) is 8.92. The van der Waals surface area contributed by atoms with Gasteiger partial charge in [0.15, 0.2) is 0 Å². The van der Waals surface area contributed by atoms with Gasteiger partial charge < -0.3 is 10.1 Å². The van der Waals surface area contributed by atoms with Crippen molar-refractivity contribution < 1.29 is 15.7 Å². The van der Waals surface area contributed by atoms with Crippen LogP contribution >= 0.6 is 11.8 Å². The molecule has 0 fully saturated rings. The standard InChI is InChI=1S/C21H22N2O3S/c1-21(2,3)26-20(25)23-18-8-6-5-7-17(18)22-19(24)16-11-9-15(10-12-16)13-14-27-4/h5-12H,1-4H3,(H,22,24)(H,23,25)/i4T. The summed E-state index contributed by atoms with van der Waals surface area (Å²) < 4.78 is 12.3. The molecule has 0 radical (unpaired) electrons. The van der Waals surface area contributed by atoms with Gasteiger partial charge in [0, 0.05) is 12.5 Å². The maximum Gasteiger partial charge on any atom is 0.412 e. The molecule has 0 saturated heterocycles. The molecule has 0 unspecified atom stereocenters. The topological polar surface area (TPSA) is 67.4 Å². The van der Waals surface area contributed by atoms with Crippen LogP contribution in [0.2, 0.25) is 0 Å². The summed E-state index contributed by atoms with van der Waals surface area (Å²) >= 11 is 1.21. The van der Waals surface area contributed by atoms with Crippen LogP contribution in [0.5, 0.6) is 0 Å². The van der Waals surface area contributed by atoms with E-state index >= 15 is 0 Å². The van der Waals surface area contributed by atoms with Gasteiger partial charge in [-0.3, -0.25) is 10.1 Å². The summed E-state index contributed by atoms with van der Waals surface area (Å²) in [6.07, 6.45) is -0.410. The molecule has 0 heterocycles. The van der Waals surface area contributed by atoms with E-state index in [9.17, 15) is 9.59 Å². The molecule has 2 aromatic carbocycles. The minimum atomic E-state index is -0.619. The van der Waals surface area contributed by atoms with Crippen LogP contribution in [-0.4, -0.2) is 23.8 Å². The van der Waals surface area contributed by atoms with Crippen molar-refractivity contribution in [3.8, 4) is 11.2 Å². The Hall–Kier alpha value is -2.91. The molecule has 2 aromatic rings. The fourth-order valence-corrected chi connectivity index (χ4v) is 2.30. The molecule has 2 rings (SSSR count). The van der Waals surface area contributed by atoms with E-state index in [1.165, 1.54) is 11.8 Å². The van der Waals surface area contributed by atoms with Gasteiger partial charge in [0.05, 0.1) is 11.4 Å². The van der Waals surface area contributed by atoms with E-state index in [0.717, 1.165) is 5.56 Å². The number of anilines is 2. The molecule has 27 heavy (non-hydrogen) atoms. The van der Waals surface area contributed by atoms with Crippen LogP contribution in [0.1, 0.15) is 38.1 Å². The Balaban J connectivity index is 2.08. The van der Waals surface area contributed by atoms with Crippen molar-refractivity contribution in [2.45, 2.75) is 26.4 Å². The minimum absolute atomic E-state index is 0.185. The molecule has 0 aliphatic carbocycles. The number of thioether (sulfide) groups is 1. The zero-order valence-corrected chi connectivity index (χ0v) is 16.3. The third kappa shape index (κ3) is 6.72. The Morgan fingerprint density at radius 2 is 1.67 bits per heavy atom. The van der Waals surface area contributed by atoms with Gasteiger partial charge in [-0.15, -0.1) is 0 Å². The molecule has 0 aliphatic heterocycles. The Morgan fingerprint density at radius 1 is 1.04 bits per heavy atom. The lowest BCUT2D eigenvalue weighted by Crippen LogP contribution is -2.27. The van der Waals surface area contributed by atoms with E-state index in [1.54, 1.807) is 69.3 Å². The van der Waals surface area contributed by atoms with E-state index in [1.807, 2.05) is 0 Å². The Bertz CT molecular complexity index is 896. The van der Waals surface area contributed by atoms with Crippen LogP contribution < -0.4 is 10.6 Å². The molecule has 0 spiro atoms. The van der Waals surface area contributed by atoms with E-state index in [-0.39, 0.29) is 12.1 Å². The van der Waals surface area contributed by atoms with Crippen LogP contribution in [-0.2, 0) is 4.74 Å². The smallest absolute Gasteiger partial charge is 0.412 e. The average molecular weight is 384 g/mol. The quantitative estimate of drug-likeness (QED) is 0.734. The molecule has 2 N–H and O–H groups in total. The number of para-hydroxylation sites is 2. The highest BCUT2D eigenvalue weighted by Crippen LogP contribution is 2.23. The summed E-state index contributed by atoms with van der Waals surface area (Å²) in [5, 5.41) is 8.25. The summed E-state index contributed by atoms with van der Waals surface area (Å²) in [7, 11) is 0. The molecule has 6 heteroatoms. The van der Waals surface area contributed by atoms with E-state index in [4.69, 9.17) is 6.11 Å². The first kappa shape index (κ1) is 18.9. The summed E-state index contributed by atoms with van der Waals surface area (Å²) in [5.74, 6) is 2.60. The second kappa shape index (κ2) is 9.15. The molecule has 0 aromatic heterocycles. The predicted octanol–water partition coefficient (Wildman–Crippen LogP) is 4.96. The largest absolute Gasteiger partial charge is 0.444 e. The molecule has 0 saturated carbocycles. The average Bonchev–Trinajstić information content (AvgIpc) is 2.62.